The Morgan fingerprint density at radius 3 is 1.89 bits per heavy atom. The number of nitrogens with zero attached hydrogens (tertiary/aromatic N) is 3. The minimum absolute atomic E-state index is 0.557. The first-order valence-corrected chi connectivity index (χ1v) is 15.7. The van der Waals surface area contributed by atoms with Crippen molar-refractivity contribution in [2.24, 2.45) is 0 Å². The summed E-state index contributed by atoms with van der Waals surface area (Å²) in [6, 6.07) is 57.1. The van der Waals surface area contributed by atoms with Gasteiger partial charge in [-0.1, -0.05) is 103 Å². The van der Waals surface area contributed by atoms with Crippen LogP contribution in [-0.4, -0.2) is 9.55 Å². The quantitative estimate of drug-likeness (QED) is 0.202. The van der Waals surface area contributed by atoms with Gasteiger partial charge >= 0.3 is 0 Å². The maximum absolute atomic E-state index is 9.73. The SMILES string of the molecule is N#Cc1ccc2c(c1)c1cc(-c3ccc4c(c3)Oc3ccccc3C4(c3ccccc3)c3ccccc3)ccc1n2-c1ccccn1. The van der Waals surface area contributed by atoms with Gasteiger partial charge in [0.15, 0.2) is 0 Å². The van der Waals surface area contributed by atoms with Crippen molar-refractivity contribution in [3.63, 3.8) is 0 Å². The van der Waals surface area contributed by atoms with E-state index < -0.39 is 5.41 Å². The Bertz CT molecular complexity index is 2450. The predicted octanol–water partition coefficient (Wildman–Crippen LogP) is 10.2. The van der Waals surface area contributed by atoms with Crippen molar-refractivity contribution in [2.75, 3.05) is 0 Å². The van der Waals surface area contributed by atoms with E-state index in [0.29, 0.717) is 5.56 Å². The van der Waals surface area contributed by atoms with Gasteiger partial charge in [-0.3, -0.25) is 4.57 Å². The first-order valence-electron chi connectivity index (χ1n) is 15.7. The van der Waals surface area contributed by atoms with Gasteiger partial charge in [-0.25, -0.2) is 4.98 Å². The smallest absolute Gasteiger partial charge is 0.137 e. The van der Waals surface area contributed by atoms with E-state index in [0.717, 1.165) is 61.4 Å². The summed E-state index contributed by atoms with van der Waals surface area (Å²) in [5.41, 5.74) is 8.83. The Balaban J connectivity index is 1.27. The normalized spacial score (nSPS) is 13.0. The van der Waals surface area contributed by atoms with E-state index in [1.54, 1.807) is 6.20 Å². The fourth-order valence-electron chi connectivity index (χ4n) is 7.40. The monoisotopic (exact) mass is 601 g/mol. The Hall–Kier alpha value is -6.44. The highest BCUT2D eigenvalue weighted by Gasteiger charge is 2.45. The van der Waals surface area contributed by atoms with E-state index in [2.05, 4.69) is 131 Å². The predicted molar refractivity (Wildman–Crippen MR) is 187 cm³/mol. The summed E-state index contributed by atoms with van der Waals surface area (Å²) in [4.78, 5) is 4.66. The maximum atomic E-state index is 9.73. The zero-order chi connectivity index (χ0) is 31.4. The number of hydrogen-bond acceptors (Lipinski definition) is 3. The molecule has 47 heavy (non-hydrogen) atoms. The number of ether oxygens (including phenoxy) is 1. The summed E-state index contributed by atoms with van der Waals surface area (Å²) < 4.78 is 8.90. The molecule has 9 rings (SSSR count). The second kappa shape index (κ2) is 10.6. The Morgan fingerprint density at radius 2 is 1.17 bits per heavy atom. The van der Waals surface area contributed by atoms with Crippen LogP contribution in [0.3, 0.4) is 0 Å². The fraction of sp³-hybridized carbons (Fsp3) is 0.0233. The largest absolute Gasteiger partial charge is 0.457 e. The van der Waals surface area contributed by atoms with Crippen LogP contribution in [0, 0.1) is 11.3 Å². The number of hydrogen-bond donors (Lipinski definition) is 0. The van der Waals surface area contributed by atoms with Crippen LogP contribution in [-0.2, 0) is 5.41 Å². The zero-order valence-corrected chi connectivity index (χ0v) is 25.3. The third-order valence-electron chi connectivity index (χ3n) is 9.42. The average Bonchev–Trinajstić information content (AvgIpc) is 3.47. The fourth-order valence-corrected chi connectivity index (χ4v) is 7.40. The van der Waals surface area contributed by atoms with Gasteiger partial charge in [-0.05, 0) is 76.9 Å². The summed E-state index contributed by atoms with van der Waals surface area (Å²) in [7, 11) is 0. The molecule has 0 amide bonds. The van der Waals surface area contributed by atoms with Gasteiger partial charge < -0.3 is 4.74 Å². The summed E-state index contributed by atoms with van der Waals surface area (Å²) >= 11 is 0. The third kappa shape index (κ3) is 4.04. The molecule has 0 saturated carbocycles. The lowest BCUT2D eigenvalue weighted by Crippen LogP contribution is -2.34. The first-order chi connectivity index (χ1) is 23.3. The van der Waals surface area contributed by atoms with E-state index >= 15 is 0 Å². The summed E-state index contributed by atoms with van der Waals surface area (Å²) in [6.45, 7) is 0. The van der Waals surface area contributed by atoms with Gasteiger partial charge in [-0.15, -0.1) is 0 Å². The Labute approximate surface area is 272 Å². The molecule has 4 heteroatoms. The van der Waals surface area contributed by atoms with Crippen LogP contribution in [0.2, 0.25) is 0 Å². The zero-order valence-electron chi connectivity index (χ0n) is 25.3. The molecule has 4 nitrogen and oxygen atoms in total. The molecule has 6 aromatic carbocycles. The molecular formula is C43H27N3O. The van der Waals surface area contributed by atoms with Crippen LogP contribution in [0.25, 0.3) is 38.8 Å². The lowest BCUT2D eigenvalue weighted by Gasteiger charge is -2.41. The van der Waals surface area contributed by atoms with Crippen molar-refractivity contribution in [3.8, 4) is 34.5 Å². The molecule has 220 valence electrons. The van der Waals surface area contributed by atoms with Gasteiger partial charge in [-0.2, -0.15) is 5.26 Å². The van der Waals surface area contributed by atoms with Gasteiger partial charge in [0.25, 0.3) is 0 Å². The lowest BCUT2D eigenvalue weighted by atomic mass is 9.63. The molecule has 8 aromatic rings. The van der Waals surface area contributed by atoms with E-state index in [9.17, 15) is 5.26 Å². The van der Waals surface area contributed by atoms with Crippen molar-refractivity contribution in [1.29, 1.82) is 5.26 Å². The number of pyridine rings is 1. The number of aromatic nitrogens is 2. The molecule has 1 aliphatic heterocycles. The molecule has 0 atom stereocenters. The van der Waals surface area contributed by atoms with Crippen LogP contribution in [0.5, 0.6) is 11.5 Å². The third-order valence-corrected chi connectivity index (χ3v) is 9.42. The topological polar surface area (TPSA) is 50.8 Å². The second-order valence-electron chi connectivity index (χ2n) is 11.9. The summed E-state index contributed by atoms with van der Waals surface area (Å²) in [5, 5.41) is 11.8. The van der Waals surface area contributed by atoms with Crippen molar-refractivity contribution in [1.82, 2.24) is 9.55 Å². The molecule has 1 aliphatic rings. The average molecular weight is 602 g/mol. The number of fused-ring (bicyclic) bond motifs is 5. The minimum atomic E-state index is -0.557. The lowest BCUT2D eigenvalue weighted by molar-refractivity contribution is 0.435. The Kier molecular flexibility index (Phi) is 6.06. The molecule has 3 heterocycles. The highest BCUT2D eigenvalue weighted by molar-refractivity contribution is 6.10. The Morgan fingerprint density at radius 1 is 0.553 bits per heavy atom. The van der Waals surface area contributed by atoms with Gasteiger partial charge in [0.1, 0.15) is 17.3 Å². The number of rotatable bonds is 4. The standard InChI is InChI=1S/C43H27N3O/c44-28-29-18-22-38-34(25-29)35-26-30(20-23-39(35)46(38)42-17-9-10-24-45-42)31-19-21-37-41(27-31)47-40-16-8-7-15-36(40)43(37,32-11-3-1-4-12-32)33-13-5-2-6-14-33/h1-27H. The molecule has 0 bridgehead atoms. The molecule has 0 saturated heterocycles. The molecule has 0 unspecified atom stereocenters. The first kappa shape index (κ1) is 26.9. The van der Waals surface area contributed by atoms with Crippen LogP contribution in [0.1, 0.15) is 27.8 Å². The molecule has 0 aliphatic carbocycles. The highest BCUT2D eigenvalue weighted by atomic mass is 16.5. The summed E-state index contributed by atoms with van der Waals surface area (Å²) in [6.07, 6.45) is 1.81. The van der Waals surface area contributed by atoms with Crippen molar-refractivity contribution in [3.05, 3.63) is 192 Å². The second-order valence-corrected chi connectivity index (χ2v) is 11.9. The van der Waals surface area contributed by atoms with Crippen LogP contribution < -0.4 is 4.74 Å². The highest BCUT2D eigenvalue weighted by Crippen LogP contribution is 2.55. The number of benzene rings is 6. The van der Waals surface area contributed by atoms with E-state index in [1.165, 1.54) is 11.1 Å². The number of nitriles is 1. The molecular weight excluding hydrogens is 574 g/mol. The van der Waals surface area contributed by atoms with Crippen LogP contribution in [0.15, 0.2) is 164 Å². The van der Waals surface area contributed by atoms with E-state index in [4.69, 9.17) is 4.74 Å². The van der Waals surface area contributed by atoms with Crippen molar-refractivity contribution >= 4 is 21.8 Å². The van der Waals surface area contributed by atoms with Gasteiger partial charge in [0.05, 0.1) is 28.1 Å². The molecule has 2 aromatic heterocycles. The maximum Gasteiger partial charge on any atom is 0.137 e. The summed E-state index contributed by atoms with van der Waals surface area (Å²) in [5.74, 6) is 2.52. The molecule has 0 radical (unpaired) electrons. The van der Waals surface area contributed by atoms with E-state index in [-0.39, 0.29) is 0 Å². The molecule has 0 fully saturated rings. The molecule has 0 N–H and O–H groups in total. The van der Waals surface area contributed by atoms with E-state index in [1.807, 2.05) is 42.5 Å². The number of para-hydroxylation sites is 1. The van der Waals surface area contributed by atoms with Gasteiger partial charge in [0, 0.05) is 28.1 Å². The minimum Gasteiger partial charge on any atom is -0.457 e. The van der Waals surface area contributed by atoms with Crippen LogP contribution >= 0.6 is 0 Å². The van der Waals surface area contributed by atoms with Crippen LogP contribution in [0.4, 0.5) is 0 Å². The molecule has 0 spiro atoms. The van der Waals surface area contributed by atoms with Gasteiger partial charge in [0.2, 0.25) is 0 Å². The van der Waals surface area contributed by atoms with Crippen molar-refractivity contribution < 1.29 is 4.74 Å². The van der Waals surface area contributed by atoms with Crippen molar-refractivity contribution in [2.45, 2.75) is 5.41 Å².